The fraction of sp³-hybridized carbons (Fsp3) is 0.0400. The normalized spacial score (nSPS) is 12.1. The molecule has 0 atom stereocenters. The van der Waals surface area contributed by atoms with Gasteiger partial charge in [-0.25, -0.2) is 19.9 Å². The van der Waals surface area contributed by atoms with Crippen LogP contribution in [0.3, 0.4) is 0 Å². The first-order valence-electron chi connectivity index (χ1n) is 19.0. The number of aromatic nitrogens is 4. The van der Waals surface area contributed by atoms with Crippen LogP contribution in [0.4, 0.5) is 0 Å². The molecule has 5 aromatic carbocycles. The first-order chi connectivity index (χ1) is 28.6. The van der Waals surface area contributed by atoms with Gasteiger partial charge < -0.3 is 5.73 Å². The van der Waals surface area contributed by atoms with Gasteiger partial charge in [0, 0.05) is 52.0 Å². The van der Waals surface area contributed by atoms with Crippen molar-refractivity contribution in [1.82, 2.24) is 24.8 Å². The number of pyridine rings is 4. The minimum atomic E-state index is -0.287. The maximum absolute atomic E-state index is 13.2. The van der Waals surface area contributed by atoms with E-state index in [4.69, 9.17) is 15.7 Å². The Bertz CT molecular complexity index is 2910. The third-order valence-electron chi connectivity index (χ3n) is 10.3. The summed E-state index contributed by atoms with van der Waals surface area (Å²) in [6.45, 7) is 0.533. The molecule has 0 fully saturated rings. The van der Waals surface area contributed by atoms with Gasteiger partial charge in [-0.05, 0) is 58.7 Å². The molecule has 58 heavy (non-hydrogen) atoms. The highest BCUT2D eigenvalue weighted by molar-refractivity contribution is 6.21. The van der Waals surface area contributed by atoms with Crippen LogP contribution in [0.2, 0.25) is 0 Å². The molecule has 0 saturated heterocycles. The van der Waals surface area contributed by atoms with Gasteiger partial charge in [-0.15, -0.1) is 0 Å². The van der Waals surface area contributed by atoms with Crippen molar-refractivity contribution in [2.45, 2.75) is 13.1 Å². The smallest absolute Gasteiger partial charge is 0.261 e. The van der Waals surface area contributed by atoms with Crippen LogP contribution in [0, 0.1) is 0 Å². The van der Waals surface area contributed by atoms with Gasteiger partial charge in [0.05, 0.1) is 29.1 Å². The van der Waals surface area contributed by atoms with Gasteiger partial charge in [0.1, 0.15) is 0 Å². The average Bonchev–Trinajstić information content (AvgIpc) is 3.54. The molecule has 1 aliphatic heterocycles. The summed E-state index contributed by atoms with van der Waals surface area (Å²) in [5, 5.41) is 1.91. The molecule has 10 rings (SSSR count). The number of imide groups is 1. The molecule has 9 aromatic rings. The van der Waals surface area contributed by atoms with E-state index in [-0.39, 0.29) is 18.4 Å². The summed E-state index contributed by atoms with van der Waals surface area (Å²) < 4.78 is 0. The third-order valence-corrected chi connectivity index (χ3v) is 10.3. The summed E-state index contributed by atoms with van der Waals surface area (Å²) in [5.74, 6) is -0.574. The lowest BCUT2D eigenvalue weighted by Crippen LogP contribution is -2.29. The van der Waals surface area contributed by atoms with Crippen LogP contribution < -0.4 is 5.73 Å². The minimum Gasteiger partial charge on any atom is -0.326 e. The first kappa shape index (κ1) is 36.0. The lowest BCUT2D eigenvalue weighted by Gasteiger charge is -2.21. The Morgan fingerprint density at radius 1 is 0.431 bits per heavy atom. The van der Waals surface area contributed by atoms with Crippen molar-refractivity contribution in [1.29, 1.82) is 0 Å². The summed E-state index contributed by atoms with van der Waals surface area (Å²) in [4.78, 5) is 46.5. The standard InChI is InChI=1S/C29H19N3O2.C21H17N3/c33-28-21-14-7-8-15-22(21)29(34)32(28)18-24-25(19-10-3-1-4-11-19)23-16-9-17-30-27(23)31-26(24)20-12-5-2-6-13-20;22-14-18-19(15-8-3-1-4-9-15)17-12-7-13-23-21(17)24-20(18)16-10-5-2-6-11-16/h1-17H,18H2;1-13H,14,22H2. The molecule has 2 amide bonds. The predicted molar refractivity (Wildman–Crippen MR) is 229 cm³/mol. The van der Waals surface area contributed by atoms with E-state index in [1.165, 1.54) is 4.90 Å². The predicted octanol–water partition coefficient (Wildman–Crippen LogP) is 10.2. The quantitative estimate of drug-likeness (QED) is 0.161. The van der Waals surface area contributed by atoms with Gasteiger partial charge in [0.15, 0.2) is 11.3 Å². The largest absolute Gasteiger partial charge is 0.326 e. The van der Waals surface area contributed by atoms with Crippen molar-refractivity contribution < 1.29 is 9.59 Å². The van der Waals surface area contributed by atoms with Crippen molar-refractivity contribution in [3.63, 3.8) is 0 Å². The zero-order chi connectivity index (χ0) is 39.4. The Morgan fingerprint density at radius 2 is 0.810 bits per heavy atom. The number of hydrogen-bond acceptors (Lipinski definition) is 7. The maximum Gasteiger partial charge on any atom is 0.261 e. The average molecular weight is 753 g/mol. The number of nitrogens with two attached hydrogens (primary N) is 1. The van der Waals surface area contributed by atoms with E-state index in [0.29, 0.717) is 29.0 Å². The topological polar surface area (TPSA) is 115 Å². The molecule has 0 unspecified atom stereocenters. The number of fused-ring (bicyclic) bond motifs is 3. The molecule has 0 bridgehead atoms. The highest BCUT2D eigenvalue weighted by atomic mass is 16.2. The van der Waals surface area contributed by atoms with Crippen molar-refractivity contribution in [3.05, 3.63) is 205 Å². The van der Waals surface area contributed by atoms with Crippen LogP contribution in [-0.4, -0.2) is 36.7 Å². The minimum absolute atomic E-state index is 0.110. The van der Waals surface area contributed by atoms with Crippen molar-refractivity contribution in [2.24, 2.45) is 5.73 Å². The van der Waals surface area contributed by atoms with E-state index in [9.17, 15) is 9.59 Å². The first-order valence-corrected chi connectivity index (χ1v) is 19.0. The van der Waals surface area contributed by atoms with Crippen LogP contribution in [0.1, 0.15) is 31.8 Å². The summed E-state index contributed by atoms with van der Waals surface area (Å²) >= 11 is 0. The molecule has 0 aliphatic carbocycles. The van der Waals surface area contributed by atoms with E-state index >= 15 is 0 Å². The fourth-order valence-electron chi connectivity index (χ4n) is 7.70. The molecule has 5 heterocycles. The molecular weight excluding hydrogens is 717 g/mol. The maximum atomic E-state index is 13.2. The fourth-order valence-corrected chi connectivity index (χ4v) is 7.70. The number of amides is 2. The number of nitrogens with zero attached hydrogens (tertiary/aromatic N) is 5. The summed E-state index contributed by atoms with van der Waals surface area (Å²) in [5.41, 5.74) is 18.0. The Hall–Kier alpha value is -7.68. The van der Waals surface area contributed by atoms with Crippen LogP contribution in [0.5, 0.6) is 0 Å². The lowest BCUT2D eigenvalue weighted by molar-refractivity contribution is 0.0642. The highest BCUT2D eigenvalue weighted by Crippen LogP contribution is 2.39. The molecule has 278 valence electrons. The Labute approximate surface area is 335 Å². The zero-order valence-corrected chi connectivity index (χ0v) is 31.4. The molecule has 8 nitrogen and oxygen atoms in total. The Kier molecular flexibility index (Phi) is 9.82. The van der Waals surface area contributed by atoms with E-state index < -0.39 is 0 Å². The molecular formula is C50H36N6O2. The molecule has 8 heteroatoms. The van der Waals surface area contributed by atoms with Gasteiger partial charge in [0.2, 0.25) is 0 Å². The van der Waals surface area contributed by atoms with Crippen molar-refractivity contribution in [2.75, 3.05) is 0 Å². The van der Waals surface area contributed by atoms with Crippen LogP contribution in [0.25, 0.3) is 66.8 Å². The number of carbonyl (C=O) groups excluding carboxylic acids is 2. The number of rotatable bonds is 7. The molecule has 0 spiro atoms. The number of carbonyl (C=O) groups is 2. The van der Waals surface area contributed by atoms with E-state index in [1.807, 2.05) is 115 Å². The molecule has 2 N–H and O–H groups in total. The Balaban J connectivity index is 0.000000160. The molecule has 0 radical (unpaired) electrons. The van der Waals surface area contributed by atoms with Gasteiger partial charge in [0.25, 0.3) is 11.8 Å². The zero-order valence-electron chi connectivity index (χ0n) is 31.4. The second-order valence-corrected chi connectivity index (χ2v) is 13.8. The second-order valence-electron chi connectivity index (χ2n) is 13.8. The molecule has 4 aromatic heterocycles. The van der Waals surface area contributed by atoms with Gasteiger partial charge in [-0.2, -0.15) is 0 Å². The molecule has 0 saturated carbocycles. The SMILES string of the molecule is NCc1c(-c2ccccc2)nc2ncccc2c1-c1ccccc1.O=C1c2ccccc2C(=O)N1Cc1c(-c2ccccc2)nc2ncccc2c1-c1ccccc1. The van der Waals surface area contributed by atoms with Crippen LogP contribution in [0.15, 0.2) is 182 Å². The highest BCUT2D eigenvalue weighted by Gasteiger charge is 2.36. The van der Waals surface area contributed by atoms with Crippen LogP contribution in [-0.2, 0) is 13.1 Å². The Morgan fingerprint density at radius 3 is 1.24 bits per heavy atom. The molecule has 1 aliphatic rings. The third kappa shape index (κ3) is 6.67. The van der Waals surface area contributed by atoms with Gasteiger partial charge in [-0.1, -0.05) is 133 Å². The number of hydrogen-bond donors (Lipinski definition) is 1. The van der Waals surface area contributed by atoms with Crippen molar-refractivity contribution >= 4 is 33.9 Å². The van der Waals surface area contributed by atoms with Crippen LogP contribution >= 0.6 is 0 Å². The van der Waals surface area contributed by atoms with E-state index in [1.54, 1.807) is 36.7 Å². The van der Waals surface area contributed by atoms with E-state index in [2.05, 4.69) is 40.3 Å². The lowest BCUT2D eigenvalue weighted by atomic mass is 9.92. The summed E-state index contributed by atoms with van der Waals surface area (Å²) in [7, 11) is 0. The van der Waals surface area contributed by atoms with Crippen molar-refractivity contribution in [3.8, 4) is 44.8 Å². The monoisotopic (exact) mass is 752 g/mol. The second kappa shape index (κ2) is 15.8. The van der Waals surface area contributed by atoms with Gasteiger partial charge in [-0.3, -0.25) is 14.5 Å². The van der Waals surface area contributed by atoms with E-state index in [0.717, 1.165) is 66.6 Å². The summed E-state index contributed by atoms with van der Waals surface area (Å²) in [6, 6.07) is 55.1. The number of benzene rings is 5. The van der Waals surface area contributed by atoms with Gasteiger partial charge >= 0.3 is 0 Å². The summed E-state index contributed by atoms with van der Waals surface area (Å²) in [6.07, 6.45) is 3.50.